The summed E-state index contributed by atoms with van der Waals surface area (Å²) in [5, 5.41) is 21.0. The first-order valence-corrected chi connectivity index (χ1v) is 15.4. The number of hydrogen-bond donors (Lipinski definition) is 1. The van der Waals surface area contributed by atoms with Gasteiger partial charge in [-0.15, -0.1) is 10.2 Å². The normalized spacial score (nSPS) is 17.2. The SMILES string of the molecule is C=CCOc1cccc(C2C(=C(O)c3ccc4c(c3)OCCO4)C(=O)C(=O)N2c2nnc(SCc3ccc(Cl)cc3)s2)c1. The monoisotopic (exact) mass is 633 g/mol. The molecule has 1 N–H and O–H groups in total. The zero-order valence-corrected chi connectivity index (χ0v) is 25.0. The van der Waals surface area contributed by atoms with Gasteiger partial charge in [0.05, 0.1) is 11.6 Å². The first kappa shape index (κ1) is 28.8. The van der Waals surface area contributed by atoms with E-state index in [1.54, 1.807) is 48.5 Å². The predicted molar refractivity (Wildman–Crippen MR) is 165 cm³/mol. The molecule has 1 amide bonds. The number of hydrogen-bond acceptors (Lipinski definition) is 10. The third-order valence-corrected chi connectivity index (χ3v) is 9.06. The third kappa shape index (κ3) is 5.96. The van der Waals surface area contributed by atoms with Crippen molar-refractivity contribution in [3.05, 3.63) is 107 Å². The molecular formula is C31H24ClN3O6S2. The molecule has 2 aliphatic rings. The Morgan fingerprint density at radius 1 is 1.09 bits per heavy atom. The average molecular weight is 634 g/mol. The highest BCUT2D eigenvalue weighted by Gasteiger charge is 2.48. The number of amides is 1. The summed E-state index contributed by atoms with van der Waals surface area (Å²) in [6.45, 7) is 4.72. The Kier molecular flexibility index (Phi) is 8.37. The van der Waals surface area contributed by atoms with Crippen molar-refractivity contribution in [3.63, 3.8) is 0 Å². The zero-order valence-electron chi connectivity index (χ0n) is 22.6. The van der Waals surface area contributed by atoms with Gasteiger partial charge in [0.1, 0.15) is 31.3 Å². The number of anilines is 1. The van der Waals surface area contributed by atoms with Crippen molar-refractivity contribution >= 4 is 57.3 Å². The van der Waals surface area contributed by atoms with E-state index in [4.69, 9.17) is 25.8 Å². The molecule has 3 aromatic carbocycles. The van der Waals surface area contributed by atoms with E-state index in [0.29, 0.717) is 56.7 Å². The number of ketones is 1. The molecule has 0 aliphatic carbocycles. The summed E-state index contributed by atoms with van der Waals surface area (Å²) in [5.74, 6) is 0.0748. The smallest absolute Gasteiger partial charge is 0.301 e. The van der Waals surface area contributed by atoms with E-state index in [1.165, 1.54) is 28.0 Å². The molecule has 0 radical (unpaired) electrons. The number of fused-ring (bicyclic) bond motifs is 1. The van der Waals surface area contributed by atoms with Gasteiger partial charge in [-0.05, 0) is 53.6 Å². The number of carbonyl (C=O) groups is 2. The fourth-order valence-electron chi connectivity index (χ4n) is 4.70. The second-order valence-corrected chi connectivity index (χ2v) is 12.1. The van der Waals surface area contributed by atoms with Gasteiger partial charge in [0.2, 0.25) is 5.13 Å². The van der Waals surface area contributed by atoms with Crippen LogP contribution in [0.4, 0.5) is 5.13 Å². The molecule has 4 aromatic rings. The van der Waals surface area contributed by atoms with Crippen LogP contribution in [0.25, 0.3) is 5.76 Å². The maximum Gasteiger partial charge on any atom is 0.301 e. The van der Waals surface area contributed by atoms with Gasteiger partial charge in [0.15, 0.2) is 15.8 Å². The largest absolute Gasteiger partial charge is 0.507 e. The van der Waals surface area contributed by atoms with Crippen LogP contribution in [0.3, 0.4) is 0 Å². The molecule has 2 aliphatic heterocycles. The van der Waals surface area contributed by atoms with E-state index < -0.39 is 17.7 Å². The lowest BCUT2D eigenvalue weighted by atomic mass is 9.95. The van der Waals surface area contributed by atoms with Gasteiger partial charge < -0.3 is 19.3 Å². The number of benzene rings is 3. The van der Waals surface area contributed by atoms with Crippen molar-refractivity contribution in [3.8, 4) is 17.2 Å². The summed E-state index contributed by atoms with van der Waals surface area (Å²) in [6, 6.07) is 18.4. The number of ether oxygens (including phenoxy) is 3. The van der Waals surface area contributed by atoms with Crippen molar-refractivity contribution in [1.29, 1.82) is 0 Å². The van der Waals surface area contributed by atoms with Crippen LogP contribution in [0.5, 0.6) is 17.2 Å². The average Bonchev–Trinajstić information content (AvgIpc) is 3.61. The van der Waals surface area contributed by atoms with Crippen LogP contribution in [0.2, 0.25) is 5.02 Å². The fourth-order valence-corrected chi connectivity index (χ4v) is 6.65. The van der Waals surface area contributed by atoms with E-state index in [9.17, 15) is 14.7 Å². The van der Waals surface area contributed by atoms with E-state index in [0.717, 1.165) is 5.56 Å². The highest BCUT2D eigenvalue weighted by molar-refractivity contribution is 8.00. The van der Waals surface area contributed by atoms with E-state index in [-0.39, 0.29) is 23.1 Å². The van der Waals surface area contributed by atoms with Crippen LogP contribution in [-0.4, -0.2) is 46.8 Å². The number of Topliss-reactive ketones (excluding diaryl/α,β-unsaturated/α-hetero) is 1. The van der Waals surface area contributed by atoms with Gasteiger partial charge in [0.25, 0.3) is 5.78 Å². The van der Waals surface area contributed by atoms with Gasteiger partial charge in [-0.1, -0.05) is 71.6 Å². The van der Waals surface area contributed by atoms with Crippen LogP contribution in [0.15, 0.2) is 89.3 Å². The molecule has 3 heterocycles. The van der Waals surface area contributed by atoms with Crippen molar-refractivity contribution in [1.82, 2.24) is 10.2 Å². The number of nitrogens with zero attached hydrogens (tertiary/aromatic N) is 3. The molecule has 0 spiro atoms. The number of rotatable bonds is 9. The standard InChI is InChI=1S/C31H24ClN3O6S2/c1-2-12-39-22-5-3-4-19(15-22)26-25(27(36)20-8-11-23-24(16-20)41-14-13-40-23)28(37)29(38)35(26)30-33-34-31(43-30)42-17-18-6-9-21(32)10-7-18/h2-11,15-16,26,36H,1,12-14,17H2. The van der Waals surface area contributed by atoms with Crippen LogP contribution < -0.4 is 19.1 Å². The summed E-state index contributed by atoms with van der Waals surface area (Å²) >= 11 is 8.63. The minimum atomic E-state index is -0.998. The molecule has 1 unspecified atom stereocenters. The highest BCUT2D eigenvalue weighted by Crippen LogP contribution is 2.45. The Bertz CT molecular complexity index is 1740. The Labute approximate surface area is 260 Å². The molecule has 0 saturated carbocycles. The van der Waals surface area contributed by atoms with Gasteiger partial charge >= 0.3 is 5.91 Å². The van der Waals surface area contributed by atoms with Crippen molar-refractivity contribution in [2.45, 2.75) is 16.1 Å². The Hall–Kier alpha value is -4.32. The molecule has 1 aromatic heterocycles. The van der Waals surface area contributed by atoms with Gasteiger partial charge in [-0.25, -0.2) is 0 Å². The van der Waals surface area contributed by atoms with Crippen LogP contribution >= 0.6 is 34.7 Å². The third-order valence-electron chi connectivity index (χ3n) is 6.68. The molecule has 0 bridgehead atoms. The lowest BCUT2D eigenvalue weighted by molar-refractivity contribution is -0.132. The number of halogens is 1. The zero-order chi connectivity index (χ0) is 29.9. The summed E-state index contributed by atoms with van der Waals surface area (Å²) in [4.78, 5) is 28.5. The summed E-state index contributed by atoms with van der Waals surface area (Å²) in [6.07, 6.45) is 1.62. The minimum absolute atomic E-state index is 0.0897. The first-order chi connectivity index (χ1) is 20.9. The minimum Gasteiger partial charge on any atom is -0.507 e. The Morgan fingerprint density at radius 3 is 2.67 bits per heavy atom. The molecule has 6 rings (SSSR count). The topological polar surface area (TPSA) is 111 Å². The van der Waals surface area contributed by atoms with Gasteiger partial charge in [0, 0.05) is 16.3 Å². The summed E-state index contributed by atoms with van der Waals surface area (Å²) in [5.41, 5.74) is 1.81. The van der Waals surface area contributed by atoms with E-state index in [1.807, 2.05) is 24.3 Å². The van der Waals surface area contributed by atoms with Crippen molar-refractivity contribution in [2.24, 2.45) is 0 Å². The first-order valence-electron chi connectivity index (χ1n) is 13.2. The van der Waals surface area contributed by atoms with Gasteiger partial charge in [-0.2, -0.15) is 0 Å². The summed E-state index contributed by atoms with van der Waals surface area (Å²) < 4.78 is 17.6. The molecule has 1 atom stereocenters. The maximum absolute atomic E-state index is 13.6. The molecule has 218 valence electrons. The Morgan fingerprint density at radius 2 is 1.88 bits per heavy atom. The van der Waals surface area contributed by atoms with Crippen LogP contribution in [0.1, 0.15) is 22.7 Å². The number of aliphatic hydroxyl groups excluding tert-OH is 1. The number of thioether (sulfide) groups is 1. The lowest BCUT2D eigenvalue weighted by Gasteiger charge is -2.23. The highest BCUT2D eigenvalue weighted by atomic mass is 35.5. The molecule has 1 fully saturated rings. The quantitative estimate of drug-likeness (QED) is 0.0555. The lowest BCUT2D eigenvalue weighted by Crippen LogP contribution is -2.29. The molecule has 43 heavy (non-hydrogen) atoms. The maximum atomic E-state index is 13.6. The number of aliphatic hydroxyl groups is 1. The van der Waals surface area contributed by atoms with E-state index in [2.05, 4.69) is 16.8 Å². The molecule has 12 heteroatoms. The second-order valence-electron chi connectivity index (χ2n) is 9.47. The predicted octanol–water partition coefficient (Wildman–Crippen LogP) is 6.45. The van der Waals surface area contributed by atoms with Crippen molar-refractivity contribution in [2.75, 3.05) is 24.7 Å². The number of aromatic nitrogens is 2. The molecule has 9 nitrogen and oxygen atoms in total. The number of carbonyl (C=O) groups excluding carboxylic acids is 2. The molecular weight excluding hydrogens is 610 g/mol. The van der Waals surface area contributed by atoms with Crippen LogP contribution in [-0.2, 0) is 15.3 Å². The van der Waals surface area contributed by atoms with Gasteiger partial charge in [-0.3, -0.25) is 14.5 Å². The molecule has 1 saturated heterocycles. The van der Waals surface area contributed by atoms with Crippen molar-refractivity contribution < 1.29 is 28.9 Å². The summed E-state index contributed by atoms with van der Waals surface area (Å²) in [7, 11) is 0. The second kappa shape index (κ2) is 12.5. The fraction of sp³-hybridized carbons (Fsp3) is 0.161. The van der Waals surface area contributed by atoms with E-state index >= 15 is 0 Å². The van der Waals surface area contributed by atoms with Crippen LogP contribution in [0, 0.1) is 0 Å². The Balaban J connectivity index is 1.39.